The summed E-state index contributed by atoms with van der Waals surface area (Å²) in [4.78, 5) is 49.7. The molecule has 8 nitrogen and oxygen atoms in total. The third-order valence-electron chi connectivity index (χ3n) is 4.48. The van der Waals surface area contributed by atoms with E-state index in [0.29, 0.717) is 28.2 Å². The van der Waals surface area contributed by atoms with E-state index < -0.39 is 36.7 Å². The second kappa shape index (κ2) is 7.15. The average molecular weight is 381 g/mol. The molecule has 0 saturated carbocycles. The zero-order valence-electron chi connectivity index (χ0n) is 14.7. The van der Waals surface area contributed by atoms with Crippen LogP contribution >= 0.6 is 0 Å². The molecule has 8 heteroatoms. The van der Waals surface area contributed by atoms with Crippen LogP contribution in [0.15, 0.2) is 42.5 Å². The lowest BCUT2D eigenvalue weighted by Crippen LogP contribution is -2.45. The molecular formula is C20H15NO7. The van der Waals surface area contributed by atoms with Crippen molar-refractivity contribution in [2.75, 3.05) is 19.9 Å². The first-order valence-electron chi connectivity index (χ1n) is 8.54. The highest BCUT2D eigenvalue weighted by molar-refractivity contribution is 6.11. The van der Waals surface area contributed by atoms with Gasteiger partial charge in [0, 0.05) is 11.1 Å². The van der Waals surface area contributed by atoms with E-state index in [9.17, 15) is 19.2 Å². The maximum atomic E-state index is 12.4. The minimum absolute atomic E-state index is 0.0331. The Labute approximate surface area is 159 Å². The van der Waals surface area contributed by atoms with Crippen molar-refractivity contribution in [2.24, 2.45) is 0 Å². The van der Waals surface area contributed by atoms with Crippen LogP contribution in [0.3, 0.4) is 0 Å². The van der Waals surface area contributed by atoms with Crippen molar-refractivity contribution in [2.45, 2.75) is 6.42 Å². The molecule has 4 rings (SSSR count). The fourth-order valence-electron chi connectivity index (χ4n) is 3.03. The Morgan fingerprint density at radius 3 is 2.68 bits per heavy atom. The SMILES string of the molecule is O=C(CN1C(=O)Cc2ccccc2C1=O)OCC(=O)c1ccc2c(c1)OCO2. The molecule has 0 aliphatic carbocycles. The van der Waals surface area contributed by atoms with Gasteiger partial charge in [0.25, 0.3) is 5.91 Å². The molecule has 0 atom stereocenters. The van der Waals surface area contributed by atoms with Gasteiger partial charge in [0.1, 0.15) is 6.54 Å². The highest BCUT2D eigenvalue weighted by Gasteiger charge is 2.32. The molecule has 2 heterocycles. The Morgan fingerprint density at radius 2 is 1.82 bits per heavy atom. The Balaban J connectivity index is 1.36. The molecular weight excluding hydrogens is 366 g/mol. The zero-order valence-corrected chi connectivity index (χ0v) is 14.7. The summed E-state index contributed by atoms with van der Waals surface area (Å²) in [5, 5.41) is 0. The number of Topliss-reactive ketones (excluding diaryl/α,β-unsaturated/α-hetero) is 1. The monoisotopic (exact) mass is 381 g/mol. The maximum Gasteiger partial charge on any atom is 0.326 e. The molecule has 0 bridgehead atoms. The van der Waals surface area contributed by atoms with Gasteiger partial charge in [-0.1, -0.05) is 18.2 Å². The first kappa shape index (κ1) is 17.7. The predicted molar refractivity (Wildman–Crippen MR) is 94.0 cm³/mol. The second-order valence-electron chi connectivity index (χ2n) is 6.27. The van der Waals surface area contributed by atoms with E-state index in [1.807, 2.05) is 0 Å². The molecule has 0 radical (unpaired) electrons. The van der Waals surface area contributed by atoms with Crippen molar-refractivity contribution in [3.63, 3.8) is 0 Å². The largest absolute Gasteiger partial charge is 0.456 e. The fraction of sp³-hybridized carbons (Fsp3) is 0.200. The minimum Gasteiger partial charge on any atom is -0.456 e. The van der Waals surface area contributed by atoms with Crippen molar-refractivity contribution in [3.05, 3.63) is 59.2 Å². The zero-order chi connectivity index (χ0) is 19.7. The number of carbonyl (C=O) groups excluding carboxylic acids is 4. The lowest BCUT2D eigenvalue weighted by molar-refractivity contribution is -0.146. The lowest BCUT2D eigenvalue weighted by atomic mass is 9.98. The summed E-state index contributed by atoms with van der Waals surface area (Å²) < 4.78 is 15.3. The van der Waals surface area contributed by atoms with Gasteiger partial charge in [0.15, 0.2) is 23.9 Å². The highest BCUT2D eigenvalue weighted by atomic mass is 16.7. The van der Waals surface area contributed by atoms with Gasteiger partial charge in [-0.25, -0.2) is 0 Å². The molecule has 0 unspecified atom stereocenters. The number of carbonyl (C=O) groups is 4. The number of rotatable bonds is 5. The van der Waals surface area contributed by atoms with Crippen LogP contribution in [0.4, 0.5) is 0 Å². The van der Waals surface area contributed by atoms with Crippen LogP contribution in [0.25, 0.3) is 0 Å². The predicted octanol–water partition coefficient (Wildman–Crippen LogP) is 1.37. The van der Waals surface area contributed by atoms with E-state index in [4.69, 9.17) is 14.2 Å². The number of hydrogen-bond acceptors (Lipinski definition) is 7. The molecule has 0 N–H and O–H groups in total. The van der Waals surface area contributed by atoms with Crippen molar-refractivity contribution in [3.8, 4) is 11.5 Å². The van der Waals surface area contributed by atoms with Crippen LogP contribution in [0.1, 0.15) is 26.3 Å². The molecule has 142 valence electrons. The molecule has 2 aliphatic rings. The molecule has 0 spiro atoms. The van der Waals surface area contributed by atoms with Crippen LogP contribution < -0.4 is 9.47 Å². The van der Waals surface area contributed by atoms with Crippen LogP contribution in [-0.4, -0.2) is 48.4 Å². The van der Waals surface area contributed by atoms with Crippen molar-refractivity contribution in [1.29, 1.82) is 0 Å². The normalized spacial score (nSPS) is 14.6. The van der Waals surface area contributed by atoms with Crippen molar-refractivity contribution >= 4 is 23.6 Å². The summed E-state index contributed by atoms with van der Waals surface area (Å²) in [6, 6.07) is 11.4. The lowest BCUT2D eigenvalue weighted by Gasteiger charge is -2.25. The van der Waals surface area contributed by atoms with Crippen molar-refractivity contribution < 1.29 is 33.4 Å². The second-order valence-corrected chi connectivity index (χ2v) is 6.27. The Kier molecular flexibility index (Phi) is 4.52. The molecule has 0 saturated heterocycles. The quantitative estimate of drug-likeness (QED) is 0.438. The number of nitrogens with zero attached hydrogens (tertiary/aromatic N) is 1. The molecule has 2 aromatic rings. The molecule has 2 amide bonds. The van der Waals surface area contributed by atoms with Gasteiger partial charge in [-0.2, -0.15) is 0 Å². The minimum atomic E-state index is -0.838. The molecule has 0 aromatic heterocycles. The number of fused-ring (bicyclic) bond motifs is 2. The van der Waals surface area contributed by atoms with E-state index in [1.165, 1.54) is 12.1 Å². The highest BCUT2D eigenvalue weighted by Crippen LogP contribution is 2.32. The first-order chi connectivity index (χ1) is 13.5. The summed E-state index contributed by atoms with van der Waals surface area (Å²) in [5.41, 5.74) is 1.31. The Hall–Kier alpha value is -3.68. The summed E-state index contributed by atoms with van der Waals surface area (Å²) in [6.07, 6.45) is 0.0331. The summed E-state index contributed by atoms with van der Waals surface area (Å²) in [7, 11) is 0. The van der Waals surface area contributed by atoms with Crippen LogP contribution in [0.5, 0.6) is 11.5 Å². The van der Waals surface area contributed by atoms with Crippen molar-refractivity contribution in [1.82, 2.24) is 4.90 Å². The third-order valence-corrected chi connectivity index (χ3v) is 4.48. The van der Waals surface area contributed by atoms with Gasteiger partial charge in [0.05, 0.1) is 6.42 Å². The van der Waals surface area contributed by atoms with Crippen LogP contribution in [-0.2, 0) is 20.7 Å². The number of ketones is 1. The first-order valence-corrected chi connectivity index (χ1v) is 8.54. The molecule has 0 fully saturated rings. The van der Waals surface area contributed by atoms with Gasteiger partial charge in [0.2, 0.25) is 12.7 Å². The maximum absolute atomic E-state index is 12.4. The number of hydrogen-bond donors (Lipinski definition) is 0. The summed E-state index contributed by atoms with van der Waals surface area (Å²) in [5.74, 6) is -1.33. The van der Waals surface area contributed by atoms with E-state index >= 15 is 0 Å². The molecule has 28 heavy (non-hydrogen) atoms. The molecule has 2 aliphatic heterocycles. The van der Waals surface area contributed by atoms with Gasteiger partial charge in [-0.3, -0.25) is 24.1 Å². The average Bonchev–Trinajstić information content (AvgIpc) is 3.17. The van der Waals surface area contributed by atoms with Crippen LogP contribution in [0.2, 0.25) is 0 Å². The fourth-order valence-corrected chi connectivity index (χ4v) is 3.03. The van der Waals surface area contributed by atoms with E-state index in [1.54, 1.807) is 30.3 Å². The number of imide groups is 1. The Bertz CT molecular complexity index is 998. The summed E-state index contributed by atoms with van der Waals surface area (Å²) in [6.45, 7) is -0.964. The van der Waals surface area contributed by atoms with Gasteiger partial charge >= 0.3 is 5.97 Å². The smallest absolute Gasteiger partial charge is 0.326 e. The topological polar surface area (TPSA) is 99.2 Å². The molecule has 2 aromatic carbocycles. The van der Waals surface area contributed by atoms with Crippen LogP contribution in [0, 0.1) is 0 Å². The van der Waals surface area contributed by atoms with E-state index in [-0.39, 0.29) is 13.2 Å². The van der Waals surface area contributed by atoms with Gasteiger partial charge in [-0.15, -0.1) is 0 Å². The van der Waals surface area contributed by atoms with E-state index in [0.717, 1.165) is 4.90 Å². The summed E-state index contributed by atoms with van der Waals surface area (Å²) >= 11 is 0. The standard InChI is InChI=1S/C20H15NO7/c22-15(13-5-6-16-17(7-13)28-11-27-16)10-26-19(24)9-21-18(23)8-12-3-1-2-4-14(12)20(21)25/h1-7H,8-11H2. The number of ether oxygens (including phenoxy) is 3. The van der Waals surface area contributed by atoms with E-state index in [2.05, 4.69) is 0 Å². The Morgan fingerprint density at radius 1 is 1.04 bits per heavy atom. The third kappa shape index (κ3) is 3.32. The van der Waals surface area contributed by atoms with Gasteiger partial charge in [-0.05, 0) is 29.8 Å². The number of benzene rings is 2. The number of esters is 1. The number of amides is 2. The van der Waals surface area contributed by atoms with Gasteiger partial charge < -0.3 is 14.2 Å².